The predicted octanol–water partition coefficient (Wildman–Crippen LogP) is 4.35. The monoisotopic (exact) mass is 285 g/mol. The van der Waals surface area contributed by atoms with Crippen LogP contribution in [0.4, 0.5) is 0 Å². The molecule has 102 valence electrons. The van der Waals surface area contributed by atoms with E-state index in [4.69, 9.17) is 11.6 Å². The second-order valence-electron chi connectivity index (χ2n) is 5.90. The third-order valence-electron chi connectivity index (χ3n) is 3.37. The minimum atomic E-state index is 0.142. The van der Waals surface area contributed by atoms with Crippen molar-refractivity contribution in [3.63, 3.8) is 0 Å². The molecule has 0 unspecified atom stereocenters. The van der Waals surface area contributed by atoms with Crippen LogP contribution in [0.25, 0.3) is 16.9 Å². The van der Waals surface area contributed by atoms with Gasteiger partial charge < -0.3 is 4.40 Å². The van der Waals surface area contributed by atoms with Gasteiger partial charge in [-0.3, -0.25) is 0 Å². The molecule has 3 aromatic rings. The molecular weight excluding hydrogens is 270 g/mol. The highest BCUT2D eigenvalue weighted by atomic mass is 35.5. The first kappa shape index (κ1) is 13.1. The maximum absolute atomic E-state index is 6.07. The quantitative estimate of drug-likeness (QED) is 0.665. The summed E-state index contributed by atoms with van der Waals surface area (Å²) in [5.74, 6) is 0. The Morgan fingerprint density at radius 1 is 1.10 bits per heavy atom. The third-order valence-corrected chi connectivity index (χ3v) is 3.55. The van der Waals surface area contributed by atoms with E-state index < -0.39 is 0 Å². The molecule has 0 radical (unpaired) electrons. The molecule has 0 aliphatic heterocycles. The lowest BCUT2D eigenvalue weighted by molar-refractivity contribution is 0.590. The number of benzene rings is 1. The summed E-state index contributed by atoms with van der Waals surface area (Å²) in [5.41, 5.74) is 4.09. The Morgan fingerprint density at radius 3 is 2.45 bits per heavy atom. The minimum absolute atomic E-state index is 0.142. The lowest BCUT2D eigenvalue weighted by Gasteiger charge is -2.19. The van der Waals surface area contributed by atoms with Crippen LogP contribution in [0, 0.1) is 0 Å². The van der Waals surface area contributed by atoms with E-state index >= 15 is 0 Å². The van der Waals surface area contributed by atoms with Crippen LogP contribution >= 0.6 is 11.6 Å². The number of hydrogen-bond acceptors (Lipinski definition) is 2. The molecule has 3 nitrogen and oxygen atoms in total. The number of imidazole rings is 1. The molecule has 0 aliphatic rings. The van der Waals surface area contributed by atoms with E-state index in [1.54, 1.807) is 12.4 Å². The fourth-order valence-corrected chi connectivity index (χ4v) is 2.41. The van der Waals surface area contributed by atoms with E-state index in [-0.39, 0.29) is 5.41 Å². The highest BCUT2D eigenvalue weighted by Gasteiger charge is 2.14. The second kappa shape index (κ2) is 4.60. The summed E-state index contributed by atoms with van der Waals surface area (Å²) in [6.45, 7) is 6.60. The number of fused-ring (bicyclic) bond motifs is 1. The van der Waals surface area contributed by atoms with E-state index in [0.29, 0.717) is 5.15 Å². The average Bonchev–Trinajstić information content (AvgIpc) is 2.85. The van der Waals surface area contributed by atoms with Crippen LogP contribution in [0.2, 0.25) is 5.15 Å². The van der Waals surface area contributed by atoms with Crippen molar-refractivity contribution in [2.24, 2.45) is 0 Å². The molecule has 0 bridgehead atoms. The maximum Gasteiger partial charge on any atom is 0.163 e. The summed E-state index contributed by atoms with van der Waals surface area (Å²) < 4.78 is 1.89. The first-order chi connectivity index (χ1) is 9.45. The lowest BCUT2D eigenvalue weighted by atomic mass is 9.86. The van der Waals surface area contributed by atoms with E-state index in [0.717, 1.165) is 16.9 Å². The Labute approximate surface area is 123 Å². The van der Waals surface area contributed by atoms with Gasteiger partial charge in [-0.05, 0) is 11.0 Å². The number of rotatable bonds is 1. The Hall–Kier alpha value is -1.87. The van der Waals surface area contributed by atoms with Crippen LogP contribution in [0.15, 0.2) is 42.9 Å². The van der Waals surface area contributed by atoms with Gasteiger partial charge in [0.1, 0.15) is 10.8 Å². The molecule has 0 spiro atoms. The molecule has 3 rings (SSSR count). The van der Waals surface area contributed by atoms with Gasteiger partial charge in [0.15, 0.2) is 5.65 Å². The van der Waals surface area contributed by atoms with Crippen molar-refractivity contribution in [1.82, 2.24) is 14.4 Å². The van der Waals surface area contributed by atoms with Gasteiger partial charge in [-0.15, -0.1) is 0 Å². The van der Waals surface area contributed by atoms with Crippen molar-refractivity contribution >= 4 is 17.2 Å². The maximum atomic E-state index is 6.07. The highest BCUT2D eigenvalue weighted by molar-refractivity contribution is 6.29. The van der Waals surface area contributed by atoms with Crippen LogP contribution in [-0.2, 0) is 5.41 Å². The fourth-order valence-electron chi connectivity index (χ4n) is 2.22. The molecular formula is C16H16ClN3. The number of aromatic nitrogens is 3. The Balaban J connectivity index is 2.14. The molecule has 2 aromatic heterocycles. The molecule has 0 fully saturated rings. The number of hydrogen-bond donors (Lipinski definition) is 0. The van der Waals surface area contributed by atoms with E-state index in [1.807, 2.05) is 10.6 Å². The topological polar surface area (TPSA) is 30.2 Å². The normalized spacial score (nSPS) is 12.0. The SMILES string of the molecule is CC(C)(C)c1ccc(-c2nc(Cl)cn3ccnc23)cc1. The first-order valence-electron chi connectivity index (χ1n) is 6.55. The molecule has 0 atom stereocenters. The Kier molecular flexibility index (Phi) is 3.02. The van der Waals surface area contributed by atoms with Crippen molar-refractivity contribution in [2.45, 2.75) is 26.2 Å². The molecule has 0 aliphatic carbocycles. The third kappa shape index (κ3) is 2.29. The molecule has 1 aromatic carbocycles. The molecule has 0 saturated heterocycles. The zero-order valence-corrected chi connectivity index (χ0v) is 12.5. The van der Waals surface area contributed by atoms with Crippen molar-refractivity contribution in [3.8, 4) is 11.3 Å². The molecule has 0 saturated carbocycles. The van der Waals surface area contributed by atoms with Gasteiger partial charge in [-0.25, -0.2) is 9.97 Å². The van der Waals surface area contributed by atoms with Crippen molar-refractivity contribution in [3.05, 3.63) is 53.6 Å². The van der Waals surface area contributed by atoms with Gasteiger partial charge in [0, 0.05) is 24.2 Å². The largest absolute Gasteiger partial charge is 0.302 e. The van der Waals surface area contributed by atoms with Crippen molar-refractivity contribution in [1.29, 1.82) is 0 Å². The van der Waals surface area contributed by atoms with E-state index in [9.17, 15) is 0 Å². The summed E-state index contributed by atoms with van der Waals surface area (Å²) in [7, 11) is 0. The van der Waals surface area contributed by atoms with Gasteiger partial charge in [-0.2, -0.15) is 0 Å². The number of nitrogens with zero attached hydrogens (tertiary/aromatic N) is 3. The van der Waals surface area contributed by atoms with Crippen LogP contribution < -0.4 is 0 Å². The van der Waals surface area contributed by atoms with E-state index in [2.05, 4.69) is 55.0 Å². The van der Waals surface area contributed by atoms with Crippen LogP contribution in [0.5, 0.6) is 0 Å². The van der Waals surface area contributed by atoms with Gasteiger partial charge in [-0.1, -0.05) is 56.6 Å². The summed E-state index contributed by atoms with van der Waals surface area (Å²) in [6.07, 6.45) is 5.38. The van der Waals surface area contributed by atoms with Gasteiger partial charge in [0.25, 0.3) is 0 Å². The van der Waals surface area contributed by atoms with Crippen molar-refractivity contribution in [2.75, 3.05) is 0 Å². The highest BCUT2D eigenvalue weighted by Crippen LogP contribution is 2.27. The van der Waals surface area contributed by atoms with Gasteiger partial charge >= 0.3 is 0 Å². The lowest BCUT2D eigenvalue weighted by Crippen LogP contribution is -2.10. The molecule has 0 N–H and O–H groups in total. The summed E-state index contributed by atoms with van der Waals surface area (Å²) in [4.78, 5) is 8.77. The summed E-state index contributed by atoms with van der Waals surface area (Å²) in [6, 6.07) is 8.43. The van der Waals surface area contributed by atoms with Crippen LogP contribution in [0.3, 0.4) is 0 Å². The van der Waals surface area contributed by atoms with Gasteiger partial charge in [0.2, 0.25) is 0 Å². The fraction of sp³-hybridized carbons (Fsp3) is 0.250. The first-order valence-corrected chi connectivity index (χ1v) is 6.93. The van der Waals surface area contributed by atoms with E-state index in [1.165, 1.54) is 5.56 Å². The summed E-state index contributed by atoms with van der Waals surface area (Å²) in [5, 5.41) is 0.463. The minimum Gasteiger partial charge on any atom is -0.302 e. The average molecular weight is 286 g/mol. The molecule has 0 amide bonds. The second-order valence-corrected chi connectivity index (χ2v) is 6.28. The van der Waals surface area contributed by atoms with Crippen LogP contribution in [-0.4, -0.2) is 14.4 Å². The van der Waals surface area contributed by atoms with Crippen molar-refractivity contribution < 1.29 is 0 Å². The molecule has 20 heavy (non-hydrogen) atoms. The smallest absolute Gasteiger partial charge is 0.163 e. The predicted molar refractivity (Wildman–Crippen MR) is 82.1 cm³/mol. The zero-order chi connectivity index (χ0) is 14.3. The zero-order valence-electron chi connectivity index (χ0n) is 11.8. The Morgan fingerprint density at radius 2 is 1.80 bits per heavy atom. The van der Waals surface area contributed by atoms with Crippen LogP contribution in [0.1, 0.15) is 26.3 Å². The standard InChI is InChI=1S/C16H16ClN3/c1-16(2,3)12-6-4-11(5-7-12)14-15-18-8-9-20(15)10-13(17)19-14/h4-10H,1-3H3. The van der Waals surface area contributed by atoms with Gasteiger partial charge in [0.05, 0.1) is 0 Å². The molecule has 4 heteroatoms. The number of halogens is 1. The molecule has 2 heterocycles. The summed E-state index contributed by atoms with van der Waals surface area (Å²) >= 11 is 6.07. The Bertz CT molecular complexity index is 751.